The van der Waals surface area contributed by atoms with Crippen molar-refractivity contribution in [2.45, 2.75) is 360 Å². The van der Waals surface area contributed by atoms with Crippen molar-refractivity contribution in [2.75, 3.05) is 13.2 Å². The molecule has 3 N–H and O–H groups in total. The summed E-state index contributed by atoms with van der Waals surface area (Å²) in [6, 6.07) is -0.630. The molecule has 0 aliphatic heterocycles. The van der Waals surface area contributed by atoms with Gasteiger partial charge in [0.05, 0.1) is 25.4 Å². The number of aliphatic hydroxyl groups is 2. The molecular formula is C68H127NO5. The minimum absolute atomic E-state index is 0.00720. The van der Waals surface area contributed by atoms with Gasteiger partial charge in [-0.05, 0) is 89.9 Å². The van der Waals surface area contributed by atoms with Crippen molar-refractivity contribution in [1.29, 1.82) is 0 Å². The summed E-state index contributed by atoms with van der Waals surface area (Å²) < 4.78 is 5.49. The Morgan fingerprint density at radius 1 is 0.378 bits per heavy atom. The number of allylic oxidation sites excluding steroid dienone is 7. The normalized spacial score (nSPS) is 12.9. The molecule has 6 heteroatoms. The highest BCUT2D eigenvalue weighted by Gasteiger charge is 2.18. The molecule has 0 fully saturated rings. The summed E-state index contributed by atoms with van der Waals surface area (Å²) in [5.74, 6) is -0.0644. The number of unbranched alkanes of at least 4 members (excludes halogenated alkanes) is 44. The molecule has 0 aliphatic rings. The number of hydrogen-bond donors (Lipinski definition) is 3. The Morgan fingerprint density at radius 2 is 0.676 bits per heavy atom. The van der Waals surface area contributed by atoms with Crippen LogP contribution in [0.2, 0.25) is 0 Å². The zero-order valence-corrected chi connectivity index (χ0v) is 49.6. The van der Waals surface area contributed by atoms with E-state index in [1.165, 1.54) is 270 Å². The predicted octanol–water partition coefficient (Wildman–Crippen LogP) is 20.9. The van der Waals surface area contributed by atoms with Crippen molar-refractivity contribution in [1.82, 2.24) is 5.32 Å². The van der Waals surface area contributed by atoms with Gasteiger partial charge in [0.2, 0.25) is 5.91 Å². The van der Waals surface area contributed by atoms with Crippen LogP contribution in [-0.2, 0) is 14.3 Å². The van der Waals surface area contributed by atoms with Crippen LogP contribution in [-0.4, -0.2) is 47.4 Å². The number of esters is 1. The standard InChI is InChI=1S/C68H127NO5/c1-3-5-7-9-11-13-15-17-18-19-32-35-38-42-46-50-54-58-62-68(73)74-63-59-55-51-47-43-39-36-33-30-28-26-24-22-20-21-23-25-27-29-31-34-37-41-45-49-53-57-61-67(72)69-65(64-70)66(71)60-56-52-48-44-40-16-14-12-10-8-6-4-2/h18-21,24,26,56,60,65-66,70-71H,3-17,22-23,25,27-55,57-59,61-64H2,1-2H3,(H,69,72)/b19-18-,21-20-,26-24-,60-56+. The Labute approximate surface area is 461 Å². The number of aliphatic hydroxyl groups excluding tert-OH is 2. The van der Waals surface area contributed by atoms with E-state index in [9.17, 15) is 19.8 Å². The van der Waals surface area contributed by atoms with Gasteiger partial charge in [-0.3, -0.25) is 9.59 Å². The molecule has 2 atom stereocenters. The first-order chi connectivity index (χ1) is 36.5. The van der Waals surface area contributed by atoms with E-state index in [1.54, 1.807) is 6.08 Å². The summed E-state index contributed by atoms with van der Waals surface area (Å²) >= 11 is 0. The molecule has 0 saturated heterocycles. The molecule has 0 rings (SSSR count). The molecule has 0 aromatic heterocycles. The van der Waals surface area contributed by atoms with Gasteiger partial charge in [-0.25, -0.2) is 0 Å². The SMILES string of the molecule is CCCCCCCCC/C=C\CCCCCCCCCC(=O)OCCCCCCCCCCC/C=C\C/C=C\CCCCCCCCCCCCCC(=O)NC(CO)C(O)/C=C/CCCCCCCCCCCC. The van der Waals surface area contributed by atoms with E-state index in [0.717, 1.165) is 51.4 Å². The maximum absolute atomic E-state index is 12.4. The van der Waals surface area contributed by atoms with E-state index >= 15 is 0 Å². The maximum atomic E-state index is 12.4. The van der Waals surface area contributed by atoms with Gasteiger partial charge in [0.1, 0.15) is 0 Å². The van der Waals surface area contributed by atoms with Crippen molar-refractivity contribution in [2.24, 2.45) is 0 Å². The van der Waals surface area contributed by atoms with Crippen molar-refractivity contribution < 1.29 is 24.5 Å². The first-order valence-corrected chi connectivity index (χ1v) is 32.9. The fraction of sp³-hybridized carbons (Fsp3) is 0.853. The van der Waals surface area contributed by atoms with Gasteiger partial charge in [0.25, 0.3) is 0 Å². The van der Waals surface area contributed by atoms with E-state index in [0.29, 0.717) is 19.4 Å². The predicted molar refractivity (Wildman–Crippen MR) is 324 cm³/mol. The zero-order valence-electron chi connectivity index (χ0n) is 49.6. The topological polar surface area (TPSA) is 95.9 Å². The van der Waals surface area contributed by atoms with Crippen LogP contribution in [0.4, 0.5) is 0 Å². The molecule has 1 amide bonds. The molecular weight excluding hydrogens is 911 g/mol. The highest BCUT2D eigenvalue weighted by atomic mass is 16.5. The van der Waals surface area contributed by atoms with Crippen LogP contribution in [0.25, 0.3) is 0 Å². The van der Waals surface area contributed by atoms with Crippen LogP contribution in [0.15, 0.2) is 48.6 Å². The summed E-state index contributed by atoms with van der Waals surface area (Å²) in [6.07, 6.45) is 81.7. The third kappa shape index (κ3) is 59.1. The molecule has 2 unspecified atom stereocenters. The second-order valence-electron chi connectivity index (χ2n) is 22.4. The molecule has 6 nitrogen and oxygen atoms in total. The second kappa shape index (κ2) is 63.4. The Hall–Kier alpha value is -2.18. The lowest BCUT2D eigenvalue weighted by atomic mass is 10.0. The van der Waals surface area contributed by atoms with Crippen LogP contribution in [0.5, 0.6) is 0 Å². The van der Waals surface area contributed by atoms with Crippen LogP contribution in [0.3, 0.4) is 0 Å². The Bertz CT molecular complexity index is 1240. The molecule has 0 aliphatic carbocycles. The molecule has 0 bridgehead atoms. The minimum atomic E-state index is -0.846. The molecule has 74 heavy (non-hydrogen) atoms. The minimum Gasteiger partial charge on any atom is -0.466 e. The fourth-order valence-electron chi connectivity index (χ4n) is 10.0. The molecule has 0 heterocycles. The first kappa shape index (κ1) is 71.8. The number of rotatable bonds is 61. The number of hydrogen-bond acceptors (Lipinski definition) is 5. The van der Waals surface area contributed by atoms with Crippen LogP contribution >= 0.6 is 0 Å². The van der Waals surface area contributed by atoms with Crippen molar-refractivity contribution in [3.63, 3.8) is 0 Å². The van der Waals surface area contributed by atoms with Crippen molar-refractivity contribution in [3.05, 3.63) is 48.6 Å². The van der Waals surface area contributed by atoms with E-state index in [1.807, 2.05) is 6.08 Å². The van der Waals surface area contributed by atoms with Gasteiger partial charge in [-0.15, -0.1) is 0 Å². The van der Waals surface area contributed by atoms with Gasteiger partial charge in [0, 0.05) is 12.8 Å². The highest BCUT2D eigenvalue weighted by molar-refractivity contribution is 5.76. The van der Waals surface area contributed by atoms with Crippen molar-refractivity contribution >= 4 is 11.9 Å². The van der Waals surface area contributed by atoms with Gasteiger partial charge < -0.3 is 20.3 Å². The monoisotopic (exact) mass is 1040 g/mol. The number of carbonyl (C=O) groups is 2. The maximum Gasteiger partial charge on any atom is 0.305 e. The summed E-state index contributed by atoms with van der Waals surface area (Å²) in [5, 5.41) is 23.1. The van der Waals surface area contributed by atoms with Crippen LogP contribution in [0, 0.1) is 0 Å². The third-order valence-corrected chi connectivity index (χ3v) is 15.1. The molecule has 0 aromatic carbocycles. The Kier molecular flexibility index (Phi) is 61.5. The summed E-state index contributed by atoms with van der Waals surface area (Å²) in [4.78, 5) is 24.5. The van der Waals surface area contributed by atoms with E-state index in [2.05, 4.69) is 55.6 Å². The fourth-order valence-corrected chi connectivity index (χ4v) is 10.0. The Balaban J connectivity index is 3.41. The van der Waals surface area contributed by atoms with Gasteiger partial charge in [-0.1, -0.05) is 294 Å². The third-order valence-electron chi connectivity index (χ3n) is 15.1. The Morgan fingerprint density at radius 3 is 1.04 bits per heavy atom. The number of carbonyl (C=O) groups excluding carboxylic acids is 2. The lowest BCUT2D eigenvalue weighted by Crippen LogP contribution is -2.45. The summed E-state index contributed by atoms with van der Waals surface area (Å²) in [6.45, 7) is 4.90. The number of nitrogens with one attached hydrogen (secondary N) is 1. The van der Waals surface area contributed by atoms with Gasteiger partial charge in [-0.2, -0.15) is 0 Å². The highest BCUT2D eigenvalue weighted by Crippen LogP contribution is 2.17. The molecule has 0 radical (unpaired) electrons. The molecule has 0 saturated carbocycles. The largest absolute Gasteiger partial charge is 0.466 e. The van der Waals surface area contributed by atoms with Crippen LogP contribution in [0.1, 0.15) is 348 Å². The number of amides is 1. The molecule has 0 spiro atoms. The van der Waals surface area contributed by atoms with Gasteiger partial charge >= 0.3 is 5.97 Å². The first-order valence-electron chi connectivity index (χ1n) is 32.9. The lowest BCUT2D eigenvalue weighted by molar-refractivity contribution is -0.143. The molecule has 434 valence electrons. The van der Waals surface area contributed by atoms with E-state index in [-0.39, 0.29) is 18.5 Å². The quantitative estimate of drug-likeness (QED) is 0.0320. The summed E-state index contributed by atoms with van der Waals surface area (Å²) in [5.41, 5.74) is 0. The molecule has 0 aromatic rings. The zero-order chi connectivity index (χ0) is 53.6. The number of ether oxygens (including phenoxy) is 1. The average Bonchev–Trinajstić information content (AvgIpc) is 3.40. The second-order valence-corrected chi connectivity index (χ2v) is 22.4. The van der Waals surface area contributed by atoms with E-state index < -0.39 is 12.1 Å². The smallest absolute Gasteiger partial charge is 0.305 e. The summed E-state index contributed by atoms with van der Waals surface area (Å²) in [7, 11) is 0. The van der Waals surface area contributed by atoms with Crippen molar-refractivity contribution in [3.8, 4) is 0 Å². The average molecular weight is 1040 g/mol. The van der Waals surface area contributed by atoms with Gasteiger partial charge in [0.15, 0.2) is 0 Å². The van der Waals surface area contributed by atoms with Crippen LogP contribution < -0.4 is 5.32 Å². The lowest BCUT2D eigenvalue weighted by Gasteiger charge is -2.20. The van der Waals surface area contributed by atoms with E-state index in [4.69, 9.17) is 4.74 Å².